The Kier molecular flexibility index (Phi) is 7.42. The first-order chi connectivity index (χ1) is 14.4. The monoisotopic (exact) mass is 465 g/mol. The summed E-state index contributed by atoms with van der Waals surface area (Å²) in [6.45, 7) is 1.66. The largest absolute Gasteiger partial charge is 0.488 e. The number of esters is 1. The minimum atomic E-state index is -0.633. The molecule has 2 amide bonds. The van der Waals surface area contributed by atoms with E-state index in [9.17, 15) is 14.4 Å². The third kappa shape index (κ3) is 5.36. The second kappa shape index (κ2) is 10.0. The van der Waals surface area contributed by atoms with Crippen molar-refractivity contribution in [3.63, 3.8) is 0 Å². The van der Waals surface area contributed by atoms with Crippen LogP contribution in [-0.4, -0.2) is 35.2 Å². The van der Waals surface area contributed by atoms with Crippen molar-refractivity contribution in [1.82, 2.24) is 4.90 Å². The molecule has 0 unspecified atom stereocenters. The molecule has 30 heavy (non-hydrogen) atoms. The van der Waals surface area contributed by atoms with Gasteiger partial charge in [-0.3, -0.25) is 19.3 Å². The Morgan fingerprint density at radius 1 is 1.13 bits per heavy atom. The van der Waals surface area contributed by atoms with Crippen LogP contribution in [0.4, 0.5) is 4.79 Å². The number of ether oxygens (including phenoxy) is 2. The van der Waals surface area contributed by atoms with Gasteiger partial charge in [-0.15, -0.1) is 0 Å². The van der Waals surface area contributed by atoms with Crippen LogP contribution in [0.2, 0.25) is 10.0 Å². The van der Waals surface area contributed by atoms with Crippen molar-refractivity contribution in [2.45, 2.75) is 13.5 Å². The number of para-hydroxylation sites is 1. The number of hydrogen-bond acceptors (Lipinski definition) is 6. The highest BCUT2D eigenvalue weighted by atomic mass is 35.5. The minimum Gasteiger partial charge on any atom is -0.488 e. The second-order valence-corrected chi connectivity index (χ2v) is 7.96. The molecule has 0 aromatic heterocycles. The zero-order valence-corrected chi connectivity index (χ0v) is 18.2. The highest BCUT2D eigenvalue weighted by Gasteiger charge is 2.36. The number of halogens is 2. The Morgan fingerprint density at radius 2 is 1.90 bits per heavy atom. The quantitative estimate of drug-likeness (QED) is 0.414. The Hall–Kier alpha value is -2.48. The highest BCUT2D eigenvalue weighted by Crippen LogP contribution is 2.34. The first kappa shape index (κ1) is 22.2. The molecule has 0 atom stereocenters. The Balaban J connectivity index is 1.76. The van der Waals surface area contributed by atoms with Crippen molar-refractivity contribution in [2.24, 2.45) is 0 Å². The number of carbonyl (C=O) groups is 3. The summed E-state index contributed by atoms with van der Waals surface area (Å²) in [5.41, 5.74) is 1.45. The number of amides is 2. The summed E-state index contributed by atoms with van der Waals surface area (Å²) < 4.78 is 10.7. The number of nitrogens with zero attached hydrogens (tertiary/aromatic N) is 1. The lowest BCUT2D eigenvalue weighted by atomic mass is 10.1. The Morgan fingerprint density at radius 3 is 2.63 bits per heavy atom. The third-order valence-corrected chi connectivity index (χ3v) is 5.70. The van der Waals surface area contributed by atoms with Crippen LogP contribution in [0.1, 0.15) is 18.1 Å². The lowest BCUT2D eigenvalue weighted by Gasteiger charge is -2.11. The summed E-state index contributed by atoms with van der Waals surface area (Å²) in [5.74, 6) is -0.649. The van der Waals surface area contributed by atoms with Crippen molar-refractivity contribution in [3.05, 3.63) is 68.5 Å². The van der Waals surface area contributed by atoms with E-state index in [1.807, 2.05) is 0 Å². The van der Waals surface area contributed by atoms with Crippen LogP contribution in [-0.2, 0) is 20.9 Å². The van der Waals surface area contributed by atoms with E-state index in [1.54, 1.807) is 55.5 Å². The number of rotatable bonds is 7. The fraction of sp³-hybridized carbons (Fsp3) is 0.190. The van der Waals surface area contributed by atoms with E-state index in [0.29, 0.717) is 21.4 Å². The lowest BCUT2D eigenvalue weighted by Crippen LogP contribution is -2.34. The summed E-state index contributed by atoms with van der Waals surface area (Å²) in [5, 5.41) is 0.370. The predicted octanol–water partition coefficient (Wildman–Crippen LogP) is 5.17. The summed E-state index contributed by atoms with van der Waals surface area (Å²) in [4.78, 5) is 37.4. The first-order valence-corrected chi connectivity index (χ1v) is 10.5. The first-order valence-electron chi connectivity index (χ1n) is 8.95. The summed E-state index contributed by atoms with van der Waals surface area (Å²) in [6, 6.07) is 12.3. The maximum Gasteiger partial charge on any atom is 0.326 e. The Labute approximate surface area is 187 Å². The molecule has 0 N–H and O–H groups in total. The molecule has 9 heteroatoms. The Bertz CT molecular complexity index is 1020. The molecular weight excluding hydrogens is 449 g/mol. The number of carbonyl (C=O) groups excluding carboxylic acids is 3. The zero-order valence-electron chi connectivity index (χ0n) is 15.9. The number of thioether (sulfide) groups is 1. The predicted molar refractivity (Wildman–Crippen MR) is 117 cm³/mol. The molecule has 1 saturated heterocycles. The molecule has 0 aliphatic carbocycles. The smallest absolute Gasteiger partial charge is 0.326 e. The van der Waals surface area contributed by atoms with E-state index in [-0.39, 0.29) is 18.1 Å². The molecule has 156 valence electrons. The molecule has 1 heterocycles. The van der Waals surface area contributed by atoms with Crippen LogP contribution in [0.15, 0.2) is 47.4 Å². The van der Waals surface area contributed by atoms with Gasteiger partial charge in [0.15, 0.2) is 0 Å². The van der Waals surface area contributed by atoms with E-state index in [0.717, 1.165) is 22.2 Å². The van der Waals surface area contributed by atoms with Crippen LogP contribution >= 0.6 is 35.0 Å². The number of hydrogen-bond donors (Lipinski definition) is 0. The number of benzene rings is 2. The third-order valence-electron chi connectivity index (χ3n) is 4.05. The normalized spacial score (nSPS) is 15.0. The van der Waals surface area contributed by atoms with Crippen LogP contribution in [0, 0.1) is 0 Å². The van der Waals surface area contributed by atoms with Gasteiger partial charge in [-0.1, -0.05) is 47.5 Å². The molecule has 0 bridgehead atoms. The highest BCUT2D eigenvalue weighted by molar-refractivity contribution is 8.18. The van der Waals surface area contributed by atoms with Gasteiger partial charge in [-0.25, -0.2) is 0 Å². The molecule has 1 aliphatic rings. The summed E-state index contributed by atoms with van der Waals surface area (Å²) >= 11 is 12.7. The van der Waals surface area contributed by atoms with Crippen LogP contribution < -0.4 is 4.74 Å². The maximum absolute atomic E-state index is 12.6. The van der Waals surface area contributed by atoms with E-state index >= 15 is 0 Å². The molecule has 2 aromatic rings. The summed E-state index contributed by atoms with van der Waals surface area (Å²) in [7, 11) is 0. The second-order valence-electron chi connectivity index (χ2n) is 6.15. The van der Waals surface area contributed by atoms with E-state index < -0.39 is 23.7 Å². The van der Waals surface area contributed by atoms with Gasteiger partial charge in [-0.05, 0) is 48.5 Å². The van der Waals surface area contributed by atoms with E-state index in [1.165, 1.54) is 0 Å². The van der Waals surface area contributed by atoms with Gasteiger partial charge in [0.25, 0.3) is 11.1 Å². The van der Waals surface area contributed by atoms with Crippen molar-refractivity contribution >= 4 is 58.2 Å². The van der Waals surface area contributed by atoms with Gasteiger partial charge in [0.1, 0.15) is 18.9 Å². The fourth-order valence-electron chi connectivity index (χ4n) is 2.63. The van der Waals surface area contributed by atoms with Crippen molar-refractivity contribution in [1.29, 1.82) is 0 Å². The van der Waals surface area contributed by atoms with Gasteiger partial charge >= 0.3 is 5.97 Å². The lowest BCUT2D eigenvalue weighted by molar-refractivity contribution is -0.145. The molecule has 6 nitrogen and oxygen atoms in total. The van der Waals surface area contributed by atoms with E-state index in [2.05, 4.69) is 0 Å². The molecule has 1 aliphatic heterocycles. The van der Waals surface area contributed by atoms with Crippen molar-refractivity contribution < 1.29 is 23.9 Å². The molecule has 2 aromatic carbocycles. The molecular formula is C21H17Cl2NO5S. The molecule has 0 saturated carbocycles. The van der Waals surface area contributed by atoms with Gasteiger partial charge in [0.2, 0.25) is 0 Å². The van der Waals surface area contributed by atoms with Crippen LogP contribution in [0.3, 0.4) is 0 Å². The van der Waals surface area contributed by atoms with Crippen molar-refractivity contribution in [2.75, 3.05) is 13.2 Å². The summed E-state index contributed by atoms with van der Waals surface area (Å²) in [6.07, 6.45) is 1.57. The topological polar surface area (TPSA) is 72.9 Å². The van der Waals surface area contributed by atoms with Gasteiger partial charge in [0, 0.05) is 5.56 Å². The van der Waals surface area contributed by atoms with Crippen molar-refractivity contribution in [3.8, 4) is 5.75 Å². The SMILES string of the molecule is CCOC(=O)CN1C(=O)S/C(=C/c2ccccc2OCc2ccc(Cl)c(Cl)c2)C1=O. The minimum absolute atomic E-state index is 0.175. The molecule has 0 radical (unpaired) electrons. The van der Waals surface area contributed by atoms with Gasteiger partial charge in [0.05, 0.1) is 21.6 Å². The van der Waals surface area contributed by atoms with E-state index in [4.69, 9.17) is 32.7 Å². The molecule has 3 rings (SSSR count). The number of imide groups is 1. The average molecular weight is 466 g/mol. The van der Waals surface area contributed by atoms with Gasteiger partial charge < -0.3 is 9.47 Å². The fourth-order valence-corrected chi connectivity index (χ4v) is 3.78. The molecule has 0 spiro atoms. The average Bonchev–Trinajstić information content (AvgIpc) is 2.97. The van der Waals surface area contributed by atoms with Gasteiger partial charge in [-0.2, -0.15) is 0 Å². The zero-order chi connectivity index (χ0) is 21.7. The van der Waals surface area contributed by atoms with Crippen LogP contribution in [0.5, 0.6) is 5.75 Å². The maximum atomic E-state index is 12.6. The standard InChI is InChI=1S/C21H17Cl2NO5S/c1-2-28-19(25)11-24-20(26)18(30-21(24)27)10-14-5-3-4-6-17(14)29-12-13-7-8-15(22)16(23)9-13/h3-10H,2,11-12H2,1H3/b18-10+. The molecule has 1 fully saturated rings. The van der Waals surface area contributed by atoms with Crippen LogP contribution in [0.25, 0.3) is 6.08 Å².